The Morgan fingerprint density at radius 3 is 2.70 bits per heavy atom. The number of H-pyrrole nitrogens is 1. The van der Waals surface area contributed by atoms with E-state index in [1.807, 2.05) is 29.2 Å². The standard InChI is InChI=1S/C21H28N4O2/c1-13(2)19(20-22-16-9-5-6-10-17(16)23-20)24-21(27)14-11-18(26)25(12-14)15-7-3-4-8-15/h5-6,9-10,13-15,19H,3-4,7-8,11-12H2,1-2H3,(H,22,23)(H,24,27)/t14-,19+/m1/s1. The molecule has 2 aromatic rings. The minimum atomic E-state index is -0.260. The summed E-state index contributed by atoms with van der Waals surface area (Å²) in [7, 11) is 0. The number of carbonyl (C=O) groups is 2. The smallest absolute Gasteiger partial charge is 0.226 e. The average Bonchev–Trinajstić information content (AvgIpc) is 3.37. The number of imidazole rings is 1. The summed E-state index contributed by atoms with van der Waals surface area (Å²) >= 11 is 0. The van der Waals surface area contributed by atoms with Crippen molar-refractivity contribution in [3.8, 4) is 0 Å². The van der Waals surface area contributed by atoms with E-state index in [4.69, 9.17) is 0 Å². The number of para-hydroxylation sites is 2. The first-order chi connectivity index (χ1) is 13.0. The number of rotatable bonds is 5. The first-order valence-corrected chi connectivity index (χ1v) is 10.1. The zero-order valence-electron chi connectivity index (χ0n) is 16.1. The minimum absolute atomic E-state index is 0.0389. The van der Waals surface area contributed by atoms with Gasteiger partial charge in [-0.25, -0.2) is 4.98 Å². The molecule has 2 aliphatic rings. The van der Waals surface area contributed by atoms with E-state index in [0.29, 0.717) is 19.0 Å². The van der Waals surface area contributed by atoms with Crippen LogP contribution < -0.4 is 5.32 Å². The van der Waals surface area contributed by atoms with Crippen molar-refractivity contribution in [2.75, 3.05) is 6.54 Å². The molecule has 2 fully saturated rings. The number of aromatic amines is 1. The van der Waals surface area contributed by atoms with Crippen molar-refractivity contribution in [2.45, 2.75) is 58.0 Å². The van der Waals surface area contributed by atoms with Crippen molar-refractivity contribution in [2.24, 2.45) is 11.8 Å². The van der Waals surface area contributed by atoms with Crippen molar-refractivity contribution < 1.29 is 9.59 Å². The number of hydrogen-bond donors (Lipinski definition) is 2. The lowest BCUT2D eigenvalue weighted by molar-refractivity contribution is -0.130. The largest absolute Gasteiger partial charge is 0.346 e. The lowest BCUT2D eigenvalue weighted by atomic mass is 10.0. The topological polar surface area (TPSA) is 78.1 Å². The van der Waals surface area contributed by atoms with Crippen LogP contribution in [0.25, 0.3) is 11.0 Å². The average molecular weight is 368 g/mol. The van der Waals surface area contributed by atoms with Crippen LogP contribution in [0.5, 0.6) is 0 Å². The number of likely N-dealkylation sites (tertiary alicyclic amines) is 1. The Labute approximate surface area is 159 Å². The van der Waals surface area contributed by atoms with Crippen molar-refractivity contribution >= 4 is 22.8 Å². The summed E-state index contributed by atoms with van der Waals surface area (Å²) in [4.78, 5) is 35.3. The van der Waals surface area contributed by atoms with Gasteiger partial charge in [-0.1, -0.05) is 38.8 Å². The third-order valence-corrected chi connectivity index (χ3v) is 5.96. The van der Waals surface area contributed by atoms with Crippen molar-refractivity contribution in [3.63, 3.8) is 0 Å². The SMILES string of the molecule is CC(C)[C@H](NC(=O)[C@@H]1CC(=O)N(C2CCCC2)C1)c1nc2ccccc2[nH]1. The molecular weight excluding hydrogens is 340 g/mol. The van der Waals surface area contributed by atoms with Gasteiger partial charge >= 0.3 is 0 Å². The number of hydrogen-bond acceptors (Lipinski definition) is 3. The molecule has 0 spiro atoms. The van der Waals surface area contributed by atoms with E-state index in [-0.39, 0.29) is 29.7 Å². The van der Waals surface area contributed by atoms with Gasteiger partial charge < -0.3 is 15.2 Å². The molecule has 2 atom stereocenters. The van der Waals surface area contributed by atoms with Gasteiger partial charge in [-0.05, 0) is 30.9 Å². The summed E-state index contributed by atoms with van der Waals surface area (Å²) < 4.78 is 0. The zero-order chi connectivity index (χ0) is 19.0. The molecule has 4 rings (SSSR count). The molecular formula is C21H28N4O2. The summed E-state index contributed by atoms with van der Waals surface area (Å²) in [6.07, 6.45) is 4.86. The lowest BCUT2D eigenvalue weighted by Crippen LogP contribution is -2.39. The second-order valence-corrected chi connectivity index (χ2v) is 8.25. The van der Waals surface area contributed by atoms with E-state index in [1.54, 1.807) is 0 Å². The number of nitrogens with zero attached hydrogens (tertiary/aromatic N) is 2. The highest BCUT2D eigenvalue weighted by Crippen LogP contribution is 2.30. The Morgan fingerprint density at radius 1 is 1.26 bits per heavy atom. The van der Waals surface area contributed by atoms with Gasteiger partial charge in [0.05, 0.1) is 23.0 Å². The molecule has 0 radical (unpaired) electrons. The lowest BCUT2D eigenvalue weighted by Gasteiger charge is -2.25. The van der Waals surface area contributed by atoms with Gasteiger partial charge in [-0.3, -0.25) is 9.59 Å². The van der Waals surface area contributed by atoms with E-state index < -0.39 is 0 Å². The van der Waals surface area contributed by atoms with Crippen LogP contribution in [0.15, 0.2) is 24.3 Å². The van der Waals surface area contributed by atoms with Gasteiger partial charge in [-0.15, -0.1) is 0 Å². The van der Waals surface area contributed by atoms with E-state index in [2.05, 4.69) is 29.1 Å². The molecule has 2 N–H and O–H groups in total. The van der Waals surface area contributed by atoms with Crippen LogP contribution in [-0.2, 0) is 9.59 Å². The highest BCUT2D eigenvalue weighted by Gasteiger charge is 2.39. The van der Waals surface area contributed by atoms with Gasteiger partial charge in [0.1, 0.15) is 5.82 Å². The van der Waals surface area contributed by atoms with Gasteiger partial charge in [0.25, 0.3) is 0 Å². The summed E-state index contributed by atoms with van der Waals surface area (Å²) in [5.41, 5.74) is 1.87. The maximum absolute atomic E-state index is 12.9. The highest BCUT2D eigenvalue weighted by atomic mass is 16.2. The molecule has 1 aliphatic heterocycles. The van der Waals surface area contributed by atoms with Crippen LogP contribution in [0.3, 0.4) is 0 Å². The van der Waals surface area contributed by atoms with Gasteiger partial charge in [0, 0.05) is 19.0 Å². The summed E-state index contributed by atoms with van der Waals surface area (Å²) in [5, 5.41) is 3.16. The molecule has 0 unspecified atom stereocenters. The molecule has 1 aromatic heterocycles. The van der Waals surface area contributed by atoms with Crippen LogP contribution in [0.1, 0.15) is 57.8 Å². The maximum Gasteiger partial charge on any atom is 0.226 e. The summed E-state index contributed by atoms with van der Waals surface area (Å²) in [6, 6.07) is 8.02. The first-order valence-electron chi connectivity index (χ1n) is 10.1. The first kappa shape index (κ1) is 18.0. The van der Waals surface area contributed by atoms with Crippen LogP contribution in [-0.4, -0.2) is 39.3 Å². The Hall–Kier alpha value is -2.37. The maximum atomic E-state index is 12.9. The molecule has 1 aliphatic carbocycles. The van der Waals surface area contributed by atoms with Crippen LogP contribution in [0, 0.1) is 11.8 Å². The van der Waals surface area contributed by atoms with Gasteiger partial charge in [0.15, 0.2) is 0 Å². The molecule has 144 valence electrons. The minimum Gasteiger partial charge on any atom is -0.346 e. The van der Waals surface area contributed by atoms with Crippen molar-refractivity contribution in [1.82, 2.24) is 20.2 Å². The molecule has 27 heavy (non-hydrogen) atoms. The van der Waals surface area contributed by atoms with E-state index >= 15 is 0 Å². The number of nitrogens with one attached hydrogen (secondary N) is 2. The number of aromatic nitrogens is 2. The molecule has 1 aromatic carbocycles. The fourth-order valence-corrected chi connectivity index (χ4v) is 4.42. The van der Waals surface area contributed by atoms with Crippen LogP contribution in [0.2, 0.25) is 0 Å². The van der Waals surface area contributed by atoms with E-state index in [1.165, 1.54) is 12.8 Å². The van der Waals surface area contributed by atoms with E-state index in [9.17, 15) is 9.59 Å². The van der Waals surface area contributed by atoms with Gasteiger partial charge in [0.2, 0.25) is 11.8 Å². The third-order valence-electron chi connectivity index (χ3n) is 5.96. The normalized spacial score (nSPS) is 22.1. The Morgan fingerprint density at radius 2 is 2.00 bits per heavy atom. The number of amides is 2. The molecule has 2 amide bonds. The Kier molecular flexibility index (Phi) is 4.89. The number of fused-ring (bicyclic) bond motifs is 1. The van der Waals surface area contributed by atoms with Gasteiger partial charge in [-0.2, -0.15) is 0 Å². The predicted molar refractivity (Wildman–Crippen MR) is 104 cm³/mol. The monoisotopic (exact) mass is 368 g/mol. The Bertz CT molecular complexity index is 805. The molecule has 0 bridgehead atoms. The highest BCUT2D eigenvalue weighted by molar-refractivity contribution is 5.89. The predicted octanol–water partition coefficient (Wildman–Crippen LogP) is 3.17. The van der Waals surface area contributed by atoms with Crippen molar-refractivity contribution in [3.05, 3.63) is 30.1 Å². The fourth-order valence-electron chi connectivity index (χ4n) is 4.42. The molecule has 6 heteroatoms. The van der Waals surface area contributed by atoms with Crippen LogP contribution in [0.4, 0.5) is 0 Å². The van der Waals surface area contributed by atoms with Crippen LogP contribution >= 0.6 is 0 Å². The number of carbonyl (C=O) groups excluding carboxylic acids is 2. The summed E-state index contributed by atoms with van der Waals surface area (Å²) in [5.74, 6) is 0.799. The molecule has 1 saturated heterocycles. The molecule has 2 heterocycles. The number of benzene rings is 1. The molecule has 1 saturated carbocycles. The fraction of sp³-hybridized carbons (Fsp3) is 0.571. The van der Waals surface area contributed by atoms with Crippen molar-refractivity contribution in [1.29, 1.82) is 0 Å². The second-order valence-electron chi connectivity index (χ2n) is 8.25. The second kappa shape index (κ2) is 7.33. The third kappa shape index (κ3) is 3.57. The molecule has 6 nitrogen and oxygen atoms in total. The zero-order valence-corrected chi connectivity index (χ0v) is 16.1. The Balaban J connectivity index is 1.47. The summed E-state index contributed by atoms with van der Waals surface area (Å²) in [6.45, 7) is 4.70. The van der Waals surface area contributed by atoms with E-state index in [0.717, 1.165) is 29.7 Å². The quantitative estimate of drug-likeness (QED) is 0.851.